The quantitative estimate of drug-likeness (QED) is 0.570. The van der Waals surface area contributed by atoms with E-state index in [9.17, 15) is 18.4 Å². The van der Waals surface area contributed by atoms with Crippen molar-refractivity contribution < 1.29 is 23.1 Å². The van der Waals surface area contributed by atoms with Gasteiger partial charge in [0.1, 0.15) is 5.75 Å². The average molecular weight is 410 g/mol. The number of hydrogen-bond donors (Lipinski definition) is 2. The van der Waals surface area contributed by atoms with Crippen molar-refractivity contribution in [3.8, 4) is 5.75 Å². The van der Waals surface area contributed by atoms with E-state index in [0.29, 0.717) is 28.9 Å². The fraction of sp³-hybridized carbons (Fsp3) is 0.130. The predicted octanol–water partition coefficient (Wildman–Crippen LogP) is 5.09. The molecule has 0 atom stereocenters. The highest BCUT2D eigenvalue weighted by atomic mass is 19.3. The van der Waals surface area contributed by atoms with E-state index in [-0.39, 0.29) is 17.6 Å². The molecule has 154 valence electrons. The molecule has 0 saturated carbocycles. The number of alkyl halides is 2. The molecule has 3 aromatic carbocycles. The number of hydrogen-bond acceptors (Lipinski definition) is 3. The first-order valence-electron chi connectivity index (χ1n) is 9.21. The second kappa shape index (κ2) is 9.65. The van der Waals surface area contributed by atoms with Crippen molar-refractivity contribution in [1.82, 2.24) is 0 Å². The molecule has 0 unspecified atom stereocenters. The minimum absolute atomic E-state index is 0.0616. The van der Waals surface area contributed by atoms with Gasteiger partial charge in [-0.3, -0.25) is 9.59 Å². The summed E-state index contributed by atoms with van der Waals surface area (Å²) in [6, 6.07) is 20.3. The predicted molar refractivity (Wildman–Crippen MR) is 111 cm³/mol. The molecule has 0 aliphatic rings. The zero-order valence-corrected chi connectivity index (χ0v) is 16.2. The van der Waals surface area contributed by atoms with Crippen molar-refractivity contribution in [3.05, 3.63) is 89.5 Å². The SMILES string of the molecule is CC(=O)Nc1ccc(C(=O)Nc2ccc(OC(F)F)c(Cc3ccccc3)c2)cc1. The van der Waals surface area contributed by atoms with E-state index >= 15 is 0 Å². The first-order valence-corrected chi connectivity index (χ1v) is 9.21. The van der Waals surface area contributed by atoms with E-state index in [4.69, 9.17) is 0 Å². The number of carbonyl (C=O) groups is 2. The number of anilines is 2. The first-order chi connectivity index (χ1) is 14.4. The lowest BCUT2D eigenvalue weighted by atomic mass is 10.0. The molecule has 0 bridgehead atoms. The maximum absolute atomic E-state index is 12.8. The van der Waals surface area contributed by atoms with Crippen LogP contribution in [0.2, 0.25) is 0 Å². The molecule has 0 fully saturated rings. The van der Waals surface area contributed by atoms with Gasteiger partial charge < -0.3 is 15.4 Å². The molecule has 0 aliphatic carbocycles. The van der Waals surface area contributed by atoms with Gasteiger partial charge in [0.15, 0.2) is 0 Å². The molecule has 0 aliphatic heterocycles. The maximum atomic E-state index is 12.8. The average Bonchev–Trinajstić information content (AvgIpc) is 2.70. The van der Waals surface area contributed by atoms with Crippen LogP contribution >= 0.6 is 0 Å². The Bertz CT molecular complexity index is 1020. The number of carbonyl (C=O) groups excluding carboxylic acids is 2. The Hall–Kier alpha value is -3.74. The van der Waals surface area contributed by atoms with Crippen LogP contribution in [-0.2, 0) is 11.2 Å². The Balaban J connectivity index is 1.78. The van der Waals surface area contributed by atoms with Crippen molar-refractivity contribution >= 4 is 23.2 Å². The third-order valence-electron chi connectivity index (χ3n) is 4.24. The highest BCUT2D eigenvalue weighted by Crippen LogP contribution is 2.27. The topological polar surface area (TPSA) is 67.4 Å². The van der Waals surface area contributed by atoms with Crippen LogP contribution in [0.3, 0.4) is 0 Å². The lowest BCUT2D eigenvalue weighted by molar-refractivity contribution is -0.114. The molecule has 3 aromatic rings. The molecule has 0 heterocycles. The largest absolute Gasteiger partial charge is 0.435 e. The van der Waals surface area contributed by atoms with Crippen molar-refractivity contribution in [2.24, 2.45) is 0 Å². The van der Waals surface area contributed by atoms with Crippen LogP contribution in [0.1, 0.15) is 28.4 Å². The van der Waals surface area contributed by atoms with Gasteiger partial charge in [-0.2, -0.15) is 8.78 Å². The van der Waals surface area contributed by atoms with Gasteiger partial charge in [-0.15, -0.1) is 0 Å². The van der Waals surface area contributed by atoms with Crippen LogP contribution < -0.4 is 15.4 Å². The number of benzene rings is 3. The van der Waals surface area contributed by atoms with Crippen molar-refractivity contribution in [1.29, 1.82) is 0 Å². The Morgan fingerprint density at radius 1 is 0.900 bits per heavy atom. The third kappa shape index (κ3) is 5.88. The molecule has 0 aromatic heterocycles. The molecular formula is C23H20F2N2O3. The molecular weight excluding hydrogens is 390 g/mol. The van der Waals surface area contributed by atoms with Gasteiger partial charge >= 0.3 is 6.61 Å². The van der Waals surface area contributed by atoms with E-state index in [1.807, 2.05) is 30.3 Å². The van der Waals surface area contributed by atoms with E-state index in [1.54, 1.807) is 30.3 Å². The molecule has 30 heavy (non-hydrogen) atoms. The zero-order valence-electron chi connectivity index (χ0n) is 16.2. The van der Waals surface area contributed by atoms with E-state index in [2.05, 4.69) is 15.4 Å². The second-order valence-corrected chi connectivity index (χ2v) is 6.58. The van der Waals surface area contributed by atoms with Crippen LogP contribution in [0.15, 0.2) is 72.8 Å². The van der Waals surface area contributed by atoms with Gasteiger partial charge in [0.25, 0.3) is 5.91 Å². The molecule has 0 spiro atoms. The summed E-state index contributed by atoms with van der Waals surface area (Å²) in [5.74, 6) is -0.506. The second-order valence-electron chi connectivity index (χ2n) is 6.58. The minimum Gasteiger partial charge on any atom is -0.435 e. The summed E-state index contributed by atoms with van der Waals surface area (Å²) in [7, 11) is 0. The molecule has 0 saturated heterocycles. The van der Waals surface area contributed by atoms with Gasteiger partial charge in [-0.05, 0) is 48.0 Å². The van der Waals surface area contributed by atoms with E-state index in [0.717, 1.165) is 5.56 Å². The smallest absolute Gasteiger partial charge is 0.387 e. The van der Waals surface area contributed by atoms with Crippen LogP contribution in [0.4, 0.5) is 20.2 Å². The summed E-state index contributed by atoms with van der Waals surface area (Å²) in [6.45, 7) is -1.54. The number of ether oxygens (including phenoxy) is 1. The molecule has 3 rings (SSSR count). The van der Waals surface area contributed by atoms with Gasteiger partial charge in [-0.25, -0.2) is 0 Å². The molecule has 5 nitrogen and oxygen atoms in total. The van der Waals surface area contributed by atoms with Crippen molar-refractivity contribution in [3.63, 3.8) is 0 Å². The summed E-state index contributed by atoms with van der Waals surface area (Å²) in [5.41, 5.74) is 2.88. The molecule has 7 heteroatoms. The molecule has 0 radical (unpaired) electrons. The van der Waals surface area contributed by atoms with Crippen LogP contribution in [0, 0.1) is 0 Å². The Kier molecular flexibility index (Phi) is 6.75. The number of amides is 2. The monoisotopic (exact) mass is 410 g/mol. The van der Waals surface area contributed by atoms with Crippen LogP contribution in [0.5, 0.6) is 5.75 Å². The summed E-state index contributed by atoms with van der Waals surface area (Å²) in [6.07, 6.45) is 0.373. The minimum atomic E-state index is -2.94. The maximum Gasteiger partial charge on any atom is 0.387 e. The van der Waals surface area contributed by atoms with Crippen LogP contribution in [0.25, 0.3) is 0 Å². The van der Waals surface area contributed by atoms with Crippen LogP contribution in [-0.4, -0.2) is 18.4 Å². The fourth-order valence-electron chi connectivity index (χ4n) is 2.93. The third-order valence-corrected chi connectivity index (χ3v) is 4.24. The standard InChI is InChI=1S/C23H20F2N2O3/c1-15(28)26-19-9-7-17(8-10-19)22(29)27-20-11-12-21(30-23(24)25)18(14-20)13-16-5-3-2-4-6-16/h2-12,14,23H,13H2,1H3,(H,26,28)(H,27,29). The van der Waals surface area contributed by atoms with Gasteiger partial charge in [0.2, 0.25) is 5.91 Å². The highest BCUT2D eigenvalue weighted by molar-refractivity contribution is 6.04. The van der Waals surface area contributed by atoms with Crippen molar-refractivity contribution in [2.45, 2.75) is 20.0 Å². The Morgan fingerprint density at radius 3 is 2.20 bits per heavy atom. The number of rotatable bonds is 7. The number of halogens is 2. The molecule has 2 amide bonds. The summed E-state index contributed by atoms with van der Waals surface area (Å²) >= 11 is 0. The Labute approximate surface area is 172 Å². The zero-order chi connectivity index (χ0) is 21.5. The fourth-order valence-corrected chi connectivity index (χ4v) is 2.93. The molecule has 2 N–H and O–H groups in total. The van der Waals surface area contributed by atoms with Gasteiger partial charge in [0.05, 0.1) is 0 Å². The summed E-state index contributed by atoms with van der Waals surface area (Å²) in [5, 5.41) is 5.38. The lowest BCUT2D eigenvalue weighted by Gasteiger charge is -2.14. The van der Waals surface area contributed by atoms with Gasteiger partial charge in [0, 0.05) is 35.8 Å². The normalized spacial score (nSPS) is 10.5. The van der Waals surface area contributed by atoms with E-state index in [1.165, 1.54) is 19.1 Å². The van der Waals surface area contributed by atoms with E-state index < -0.39 is 6.61 Å². The van der Waals surface area contributed by atoms with Gasteiger partial charge in [-0.1, -0.05) is 30.3 Å². The number of nitrogens with one attached hydrogen (secondary N) is 2. The highest BCUT2D eigenvalue weighted by Gasteiger charge is 2.13. The Morgan fingerprint density at radius 2 is 1.57 bits per heavy atom. The summed E-state index contributed by atoms with van der Waals surface area (Å²) in [4.78, 5) is 23.6. The van der Waals surface area contributed by atoms with Crippen molar-refractivity contribution in [2.75, 3.05) is 10.6 Å². The summed E-state index contributed by atoms with van der Waals surface area (Å²) < 4.78 is 30.2. The lowest BCUT2D eigenvalue weighted by Crippen LogP contribution is -2.13. The first kappa shape index (κ1) is 21.0.